The van der Waals surface area contributed by atoms with Crippen LogP contribution in [0.2, 0.25) is 0 Å². The Morgan fingerprint density at radius 1 is 1.04 bits per heavy atom. The van der Waals surface area contributed by atoms with Crippen LogP contribution >= 0.6 is 0 Å². The lowest BCUT2D eigenvalue weighted by Gasteiger charge is -2.09. The number of hydrazone groups is 1. The summed E-state index contributed by atoms with van der Waals surface area (Å²) in [6, 6.07) is 15.0. The van der Waals surface area contributed by atoms with Crippen LogP contribution in [-0.4, -0.2) is 26.9 Å². The molecule has 0 spiro atoms. The van der Waals surface area contributed by atoms with Crippen molar-refractivity contribution in [3.05, 3.63) is 78.1 Å². The van der Waals surface area contributed by atoms with Crippen molar-refractivity contribution in [3.63, 3.8) is 0 Å². The first-order valence-electron chi connectivity index (χ1n) is 7.23. The monoisotopic (exact) mass is 321 g/mol. The molecule has 0 bridgehead atoms. The molecule has 24 heavy (non-hydrogen) atoms. The number of carbonyl (C=O) groups is 1. The number of para-hydroxylation sites is 1. The highest BCUT2D eigenvalue weighted by atomic mass is 16.3. The number of aromatic nitrogens is 1. The summed E-state index contributed by atoms with van der Waals surface area (Å²) in [6.45, 7) is 0. The second-order valence-electron chi connectivity index (χ2n) is 5.05. The van der Waals surface area contributed by atoms with Crippen LogP contribution in [0.5, 0.6) is 11.5 Å². The average Bonchev–Trinajstić information content (AvgIpc) is 3.11. The predicted octanol–water partition coefficient (Wildman–Crippen LogP) is 2.65. The van der Waals surface area contributed by atoms with E-state index in [1.165, 1.54) is 24.4 Å². The van der Waals surface area contributed by atoms with Gasteiger partial charge in [0.15, 0.2) is 0 Å². The van der Waals surface area contributed by atoms with Gasteiger partial charge in [-0.1, -0.05) is 12.1 Å². The van der Waals surface area contributed by atoms with Gasteiger partial charge in [-0.05, 0) is 36.4 Å². The topological polar surface area (TPSA) is 86.8 Å². The number of phenols is 2. The summed E-state index contributed by atoms with van der Waals surface area (Å²) >= 11 is 0. The average molecular weight is 321 g/mol. The molecule has 1 amide bonds. The van der Waals surface area contributed by atoms with Gasteiger partial charge in [0.1, 0.15) is 11.5 Å². The lowest BCUT2D eigenvalue weighted by molar-refractivity contribution is 0.0955. The molecule has 0 aliphatic rings. The van der Waals surface area contributed by atoms with Gasteiger partial charge in [-0.3, -0.25) is 4.79 Å². The van der Waals surface area contributed by atoms with Crippen molar-refractivity contribution in [1.82, 2.24) is 9.99 Å². The van der Waals surface area contributed by atoms with Gasteiger partial charge in [0, 0.05) is 24.0 Å². The van der Waals surface area contributed by atoms with E-state index in [0.29, 0.717) is 11.1 Å². The first kappa shape index (κ1) is 15.4. The number of carbonyl (C=O) groups excluding carboxylic acids is 1. The molecule has 120 valence electrons. The van der Waals surface area contributed by atoms with E-state index >= 15 is 0 Å². The van der Waals surface area contributed by atoms with Crippen molar-refractivity contribution in [2.24, 2.45) is 5.10 Å². The minimum absolute atomic E-state index is 0.0469. The summed E-state index contributed by atoms with van der Waals surface area (Å²) in [5, 5.41) is 22.8. The molecule has 3 rings (SSSR count). The minimum atomic E-state index is -0.367. The number of rotatable bonds is 4. The molecule has 1 heterocycles. The van der Waals surface area contributed by atoms with E-state index in [-0.39, 0.29) is 17.4 Å². The van der Waals surface area contributed by atoms with Gasteiger partial charge in [0.05, 0.1) is 17.5 Å². The zero-order valence-electron chi connectivity index (χ0n) is 12.6. The summed E-state index contributed by atoms with van der Waals surface area (Å²) in [4.78, 5) is 12.3. The Balaban J connectivity index is 1.78. The Bertz CT molecular complexity index is 886. The van der Waals surface area contributed by atoms with Crippen molar-refractivity contribution < 1.29 is 15.0 Å². The molecule has 3 N–H and O–H groups in total. The third kappa shape index (κ3) is 3.27. The molecule has 6 nitrogen and oxygen atoms in total. The van der Waals surface area contributed by atoms with Gasteiger partial charge in [-0.2, -0.15) is 5.10 Å². The fraction of sp³-hybridized carbons (Fsp3) is 0. The maximum atomic E-state index is 12.3. The molecule has 0 aliphatic carbocycles. The second-order valence-corrected chi connectivity index (χ2v) is 5.05. The molecule has 0 saturated carbocycles. The molecule has 0 radical (unpaired) electrons. The molecule has 0 saturated heterocycles. The molecule has 6 heteroatoms. The molecule has 0 atom stereocenters. The molecule has 0 aliphatic heterocycles. The maximum absolute atomic E-state index is 12.3. The highest BCUT2D eigenvalue weighted by Crippen LogP contribution is 2.20. The summed E-state index contributed by atoms with van der Waals surface area (Å²) in [5.41, 5.74) is 4.03. The van der Waals surface area contributed by atoms with Gasteiger partial charge in [0.2, 0.25) is 0 Å². The number of hydrogen-bond donors (Lipinski definition) is 3. The molecule has 1 aromatic heterocycles. The summed E-state index contributed by atoms with van der Waals surface area (Å²) in [5.74, 6) is -0.538. The molecular weight excluding hydrogens is 306 g/mol. The molecule has 2 aromatic carbocycles. The number of benzene rings is 2. The van der Waals surface area contributed by atoms with Gasteiger partial charge in [-0.15, -0.1) is 0 Å². The third-order valence-corrected chi connectivity index (χ3v) is 3.42. The van der Waals surface area contributed by atoms with Crippen molar-refractivity contribution >= 4 is 12.1 Å². The van der Waals surface area contributed by atoms with Crippen molar-refractivity contribution in [1.29, 1.82) is 0 Å². The number of amides is 1. The number of hydrogen-bond acceptors (Lipinski definition) is 4. The zero-order chi connectivity index (χ0) is 16.9. The lowest BCUT2D eigenvalue weighted by Crippen LogP contribution is -2.19. The van der Waals surface area contributed by atoms with E-state index in [0.717, 1.165) is 5.69 Å². The van der Waals surface area contributed by atoms with Crippen LogP contribution < -0.4 is 5.43 Å². The highest BCUT2D eigenvalue weighted by Gasteiger charge is 2.11. The number of phenolic OH excluding ortho intramolecular Hbond substituents is 2. The van der Waals surface area contributed by atoms with Crippen molar-refractivity contribution in [2.75, 3.05) is 0 Å². The largest absolute Gasteiger partial charge is 0.508 e. The summed E-state index contributed by atoms with van der Waals surface area (Å²) in [7, 11) is 0. The van der Waals surface area contributed by atoms with Crippen LogP contribution in [0.3, 0.4) is 0 Å². The Hall–Kier alpha value is -3.54. The van der Waals surface area contributed by atoms with Gasteiger partial charge < -0.3 is 14.8 Å². The zero-order valence-corrected chi connectivity index (χ0v) is 12.6. The standard InChI is InChI=1S/C18H15N3O3/c22-14-8-7-13(17(23)11-14)12-19-20-18(24)15-5-1-2-6-16(15)21-9-3-4-10-21/h1-12,22-23H,(H,20,24)/b19-12+. The van der Waals surface area contributed by atoms with Gasteiger partial charge in [-0.25, -0.2) is 5.43 Å². The quantitative estimate of drug-likeness (QED) is 0.510. The smallest absolute Gasteiger partial charge is 0.273 e. The molecule has 0 unspecified atom stereocenters. The summed E-state index contributed by atoms with van der Waals surface area (Å²) < 4.78 is 1.84. The van der Waals surface area contributed by atoms with Gasteiger partial charge >= 0.3 is 0 Å². The van der Waals surface area contributed by atoms with Crippen LogP contribution in [0.15, 0.2) is 72.1 Å². The molecular formula is C18H15N3O3. The Labute approximate surface area is 138 Å². The van der Waals surface area contributed by atoms with E-state index in [1.54, 1.807) is 12.1 Å². The van der Waals surface area contributed by atoms with Crippen LogP contribution in [0.4, 0.5) is 0 Å². The van der Waals surface area contributed by atoms with Gasteiger partial charge in [0.25, 0.3) is 5.91 Å². The second kappa shape index (κ2) is 6.70. The predicted molar refractivity (Wildman–Crippen MR) is 90.6 cm³/mol. The maximum Gasteiger partial charge on any atom is 0.273 e. The number of aromatic hydroxyl groups is 2. The Kier molecular flexibility index (Phi) is 4.29. The Morgan fingerprint density at radius 2 is 1.79 bits per heavy atom. The van der Waals surface area contributed by atoms with Crippen LogP contribution in [-0.2, 0) is 0 Å². The van der Waals surface area contributed by atoms with Crippen LogP contribution in [0.1, 0.15) is 15.9 Å². The van der Waals surface area contributed by atoms with E-state index in [1.807, 2.05) is 41.2 Å². The fourth-order valence-corrected chi connectivity index (χ4v) is 2.25. The normalized spacial score (nSPS) is 10.8. The SMILES string of the molecule is O=C(N/N=C/c1ccc(O)cc1O)c1ccccc1-n1cccc1. The van der Waals surface area contributed by atoms with E-state index in [9.17, 15) is 15.0 Å². The minimum Gasteiger partial charge on any atom is -0.508 e. The fourth-order valence-electron chi connectivity index (χ4n) is 2.25. The van der Waals surface area contributed by atoms with Crippen LogP contribution in [0, 0.1) is 0 Å². The number of nitrogens with one attached hydrogen (secondary N) is 1. The first-order valence-corrected chi connectivity index (χ1v) is 7.23. The van der Waals surface area contributed by atoms with E-state index in [2.05, 4.69) is 10.5 Å². The third-order valence-electron chi connectivity index (χ3n) is 3.42. The first-order chi connectivity index (χ1) is 11.6. The molecule has 0 fully saturated rings. The van der Waals surface area contributed by atoms with Crippen molar-refractivity contribution in [3.8, 4) is 17.2 Å². The van der Waals surface area contributed by atoms with Crippen molar-refractivity contribution in [2.45, 2.75) is 0 Å². The van der Waals surface area contributed by atoms with E-state index in [4.69, 9.17) is 0 Å². The van der Waals surface area contributed by atoms with E-state index < -0.39 is 0 Å². The lowest BCUT2D eigenvalue weighted by atomic mass is 10.1. The number of nitrogens with zero attached hydrogens (tertiary/aromatic N) is 2. The highest BCUT2D eigenvalue weighted by molar-refractivity contribution is 5.98. The summed E-state index contributed by atoms with van der Waals surface area (Å²) in [6.07, 6.45) is 5.01. The van der Waals surface area contributed by atoms with Crippen LogP contribution in [0.25, 0.3) is 5.69 Å². The molecule has 3 aromatic rings. The Morgan fingerprint density at radius 3 is 2.54 bits per heavy atom.